The lowest BCUT2D eigenvalue weighted by Gasteiger charge is -2.17. The Morgan fingerprint density at radius 2 is 1.87 bits per heavy atom. The molecule has 0 amide bonds. The van der Waals surface area contributed by atoms with Crippen LogP contribution >= 0.6 is 0 Å². The van der Waals surface area contributed by atoms with Gasteiger partial charge in [-0.1, -0.05) is 0 Å². The Morgan fingerprint density at radius 3 is 2.33 bits per heavy atom. The normalized spacial score (nSPS) is 21.3. The van der Waals surface area contributed by atoms with E-state index < -0.39 is 9.84 Å². The lowest BCUT2D eigenvalue weighted by Crippen LogP contribution is -2.41. The van der Waals surface area contributed by atoms with Crippen LogP contribution in [-0.4, -0.2) is 45.1 Å². The summed E-state index contributed by atoms with van der Waals surface area (Å²) in [5.41, 5.74) is 0. The van der Waals surface area contributed by atoms with Crippen LogP contribution in [0.1, 0.15) is 26.7 Å². The first-order chi connectivity index (χ1) is 6.89. The molecule has 1 rings (SSSR count). The van der Waals surface area contributed by atoms with Crippen molar-refractivity contribution in [3.8, 4) is 0 Å². The Morgan fingerprint density at radius 1 is 1.27 bits per heavy atom. The topological polar surface area (TPSA) is 58.2 Å². The van der Waals surface area contributed by atoms with Gasteiger partial charge in [0.05, 0.1) is 5.25 Å². The van der Waals surface area contributed by atoms with E-state index >= 15 is 0 Å². The zero-order valence-corrected chi connectivity index (χ0v) is 10.6. The first kappa shape index (κ1) is 12.9. The van der Waals surface area contributed by atoms with E-state index in [4.69, 9.17) is 0 Å². The molecule has 90 valence electrons. The molecule has 0 bridgehead atoms. The fraction of sp³-hybridized carbons (Fsp3) is 1.00. The zero-order valence-electron chi connectivity index (χ0n) is 9.79. The van der Waals surface area contributed by atoms with Crippen molar-refractivity contribution in [3.63, 3.8) is 0 Å². The Labute approximate surface area is 92.7 Å². The van der Waals surface area contributed by atoms with Crippen molar-refractivity contribution >= 4 is 9.84 Å². The van der Waals surface area contributed by atoms with E-state index in [1.165, 1.54) is 19.1 Å². The third kappa shape index (κ3) is 5.49. The minimum atomic E-state index is -2.90. The molecule has 1 aliphatic rings. The third-order valence-electron chi connectivity index (χ3n) is 2.77. The molecule has 0 radical (unpaired) electrons. The molecule has 2 unspecified atom stereocenters. The standard InChI is InChI=1S/C10H22N2O2S/c1-8(6-12-10-4-5-10)11-7-9(2)15(3,13)14/h8-12H,4-7H2,1-3H3. The fourth-order valence-electron chi connectivity index (χ4n) is 1.22. The van der Waals surface area contributed by atoms with Crippen molar-refractivity contribution in [1.29, 1.82) is 0 Å². The highest BCUT2D eigenvalue weighted by Gasteiger charge is 2.21. The highest BCUT2D eigenvalue weighted by molar-refractivity contribution is 7.91. The van der Waals surface area contributed by atoms with Crippen molar-refractivity contribution in [3.05, 3.63) is 0 Å². The van der Waals surface area contributed by atoms with Crippen LogP contribution in [0, 0.1) is 0 Å². The molecular formula is C10H22N2O2S. The van der Waals surface area contributed by atoms with Crippen LogP contribution in [-0.2, 0) is 9.84 Å². The SMILES string of the molecule is CC(CNC1CC1)NCC(C)S(C)(=O)=O. The van der Waals surface area contributed by atoms with E-state index in [1.54, 1.807) is 6.92 Å². The van der Waals surface area contributed by atoms with Gasteiger partial charge in [0.2, 0.25) is 0 Å². The third-order valence-corrected chi connectivity index (χ3v) is 4.40. The van der Waals surface area contributed by atoms with Crippen LogP contribution in [0.3, 0.4) is 0 Å². The van der Waals surface area contributed by atoms with Crippen molar-refractivity contribution < 1.29 is 8.42 Å². The van der Waals surface area contributed by atoms with E-state index in [0.717, 1.165) is 6.54 Å². The van der Waals surface area contributed by atoms with Crippen LogP contribution < -0.4 is 10.6 Å². The first-order valence-electron chi connectivity index (χ1n) is 5.55. The maximum absolute atomic E-state index is 11.2. The van der Waals surface area contributed by atoms with E-state index in [0.29, 0.717) is 18.6 Å². The first-order valence-corrected chi connectivity index (χ1v) is 7.50. The quantitative estimate of drug-likeness (QED) is 0.658. The van der Waals surface area contributed by atoms with Gasteiger partial charge in [-0.3, -0.25) is 0 Å². The number of nitrogens with one attached hydrogen (secondary N) is 2. The van der Waals surface area contributed by atoms with Crippen LogP contribution in [0.15, 0.2) is 0 Å². The van der Waals surface area contributed by atoms with Gasteiger partial charge in [-0.15, -0.1) is 0 Å². The Balaban J connectivity index is 2.12. The summed E-state index contributed by atoms with van der Waals surface area (Å²) in [6.07, 6.45) is 3.85. The second kappa shape index (κ2) is 5.27. The molecule has 0 aromatic heterocycles. The van der Waals surface area contributed by atoms with Gasteiger partial charge >= 0.3 is 0 Å². The summed E-state index contributed by atoms with van der Waals surface area (Å²) < 4.78 is 22.3. The molecule has 0 saturated heterocycles. The van der Waals surface area contributed by atoms with Gasteiger partial charge in [0.15, 0.2) is 9.84 Å². The monoisotopic (exact) mass is 234 g/mol. The van der Waals surface area contributed by atoms with Crippen molar-refractivity contribution in [2.24, 2.45) is 0 Å². The molecule has 4 nitrogen and oxygen atoms in total. The van der Waals surface area contributed by atoms with Gasteiger partial charge in [0.1, 0.15) is 0 Å². The molecule has 1 saturated carbocycles. The molecule has 1 aliphatic carbocycles. The molecule has 2 N–H and O–H groups in total. The average Bonchev–Trinajstić information content (AvgIpc) is 2.92. The maximum Gasteiger partial charge on any atom is 0.151 e. The maximum atomic E-state index is 11.2. The summed E-state index contributed by atoms with van der Waals surface area (Å²) in [6, 6.07) is 1.04. The average molecular weight is 234 g/mol. The van der Waals surface area contributed by atoms with Crippen molar-refractivity contribution in [2.75, 3.05) is 19.3 Å². The number of hydrogen-bond donors (Lipinski definition) is 2. The highest BCUT2D eigenvalue weighted by atomic mass is 32.2. The highest BCUT2D eigenvalue weighted by Crippen LogP contribution is 2.18. The van der Waals surface area contributed by atoms with E-state index in [2.05, 4.69) is 17.6 Å². The largest absolute Gasteiger partial charge is 0.312 e. The predicted octanol–water partition coefficient (Wildman–Crippen LogP) is 0.150. The molecule has 1 fully saturated rings. The van der Waals surface area contributed by atoms with Gasteiger partial charge in [0, 0.05) is 31.4 Å². The lowest BCUT2D eigenvalue weighted by molar-refractivity contribution is 0.495. The van der Waals surface area contributed by atoms with Crippen LogP contribution in [0.4, 0.5) is 0 Å². The number of sulfone groups is 1. The summed E-state index contributed by atoms with van der Waals surface area (Å²) in [4.78, 5) is 0. The molecule has 2 atom stereocenters. The predicted molar refractivity (Wildman–Crippen MR) is 62.8 cm³/mol. The Kier molecular flexibility index (Phi) is 4.55. The van der Waals surface area contributed by atoms with E-state index in [1.807, 2.05) is 0 Å². The molecule has 5 heteroatoms. The minimum Gasteiger partial charge on any atom is -0.312 e. The summed E-state index contributed by atoms with van der Waals surface area (Å²) in [5.74, 6) is 0. The molecule has 0 heterocycles. The van der Waals surface area contributed by atoms with Crippen LogP contribution in [0.25, 0.3) is 0 Å². The van der Waals surface area contributed by atoms with Crippen molar-refractivity contribution in [1.82, 2.24) is 10.6 Å². The molecule has 0 aromatic carbocycles. The molecule has 0 spiro atoms. The summed E-state index contributed by atoms with van der Waals surface area (Å²) in [7, 11) is -2.90. The molecular weight excluding hydrogens is 212 g/mol. The summed E-state index contributed by atoms with van der Waals surface area (Å²) >= 11 is 0. The molecule has 15 heavy (non-hydrogen) atoms. The van der Waals surface area contributed by atoms with E-state index in [-0.39, 0.29) is 5.25 Å². The number of rotatable bonds is 7. The summed E-state index contributed by atoms with van der Waals surface area (Å²) in [6.45, 7) is 5.27. The van der Waals surface area contributed by atoms with Crippen molar-refractivity contribution in [2.45, 2.75) is 44.0 Å². The Bertz CT molecular complexity index is 286. The van der Waals surface area contributed by atoms with Crippen LogP contribution in [0.2, 0.25) is 0 Å². The fourth-order valence-corrected chi connectivity index (χ4v) is 1.62. The van der Waals surface area contributed by atoms with Gasteiger partial charge < -0.3 is 10.6 Å². The second-order valence-corrected chi connectivity index (χ2v) is 7.10. The minimum absolute atomic E-state index is 0.305. The molecule has 0 aliphatic heterocycles. The zero-order chi connectivity index (χ0) is 11.5. The van der Waals surface area contributed by atoms with Crippen LogP contribution in [0.5, 0.6) is 0 Å². The number of hydrogen-bond acceptors (Lipinski definition) is 4. The lowest BCUT2D eigenvalue weighted by atomic mass is 10.3. The second-order valence-electron chi connectivity index (χ2n) is 4.63. The Hall–Kier alpha value is -0.130. The van der Waals surface area contributed by atoms with Gasteiger partial charge in [0.25, 0.3) is 0 Å². The van der Waals surface area contributed by atoms with Gasteiger partial charge in [-0.05, 0) is 26.7 Å². The van der Waals surface area contributed by atoms with E-state index in [9.17, 15) is 8.42 Å². The molecule has 0 aromatic rings. The smallest absolute Gasteiger partial charge is 0.151 e. The van der Waals surface area contributed by atoms with Gasteiger partial charge in [-0.2, -0.15) is 0 Å². The van der Waals surface area contributed by atoms with Gasteiger partial charge in [-0.25, -0.2) is 8.42 Å². The summed E-state index contributed by atoms with van der Waals surface area (Å²) in [5, 5.41) is 6.33.